The van der Waals surface area contributed by atoms with E-state index >= 15 is 0 Å². The summed E-state index contributed by atoms with van der Waals surface area (Å²) in [5.41, 5.74) is 1.29. The zero-order valence-corrected chi connectivity index (χ0v) is 13.3. The highest BCUT2D eigenvalue weighted by atomic mass is 16.3. The van der Waals surface area contributed by atoms with Gasteiger partial charge in [0.05, 0.1) is 0 Å². The summed E-state index contributed by atoms with van der Waals surface area (Å²) in [5, 5.41) is 13.0. The second-order valence-electron chi connectivity index (χ2n) is 7.07. The molecule has 3 heteroatoms. The third-order valence-electron chi connectivity index (χ3n) is 5.43. The number of piperidine rings is 1. The van der Waals surface area contributed by atoms with Crippen molar-refractivity contribution in [2.45, 2.75) is 57.2 Å². The summed E-state index contributed by atoms with van der Waals surface area (Å²) >= 11 is 0. The van der Waals surface area contributed by atoms with Crippen LogP contribution in [0.5, 0.6) is 5.75 Å². The van der Waals surface area contributed by atoms with Crippen LogP contribution in [-0.4, -0.2) is 41.7 Å². The highest BCUT2D eigenvalue weighted by molar-refractivity contribution is 5.26. The van der Waals surface area contributed by atoms with Crippen LogP contribution in [0.2, 0.25) is 0 Å². The van der Waals surface area contributed by atoms with Crippen LogP contribution in [0.15, 0.2) is 24.3 Å². The van der Waals surface area contributed by atoms with Crippen molar-refractivity contribution in [1.82, 2.24) is 10.2 Å². The van der Waals surface area contributed by atoms with Crippen molar-refractivity contribution in [2.24, 2.45) is 5.92 Å². The van der Waals surface area contributed by atoms with E-state index in [0.717, 1.165) is 31.0 Å². The van der Waals surface area contributed by atoms with Gasteiger partial charge >= 0.3 is 0 Å². The summed E-state index contributed by atoms with van der Waals surface area (Å²) in [6, 6.07) is 9.75. The van der Waals surface area contributed by atoms with Gasteiger partial charge in [-0.3, -0.25) is 0 Å². The largest absolute Gasteiger partial charge is 0.508 e. The van der Waals surface area contributed by atoms with E-state index in [-0.39, 0.29) is 0 Å². The molecule has 0 aromatic heterocycles. The van der Waals surface area contributed by atoms with Gasteiger partial charge in [-0.2, -0.15) is 0 Å². The number of hydrogen-bond acceptors (Lipinski definition) is 3. The van der Waals surface area contributed by atoms with Gasteiger partial charge < -0.3 is 15.3 Å². The molecule has 2 aliphatic rings. The highest BCUT2D eigenvalue weighted by Gasteiger charge is 2.38. The molecule has 0 radical (unpaired) electrons. The Morgan fingerprint density at radius 1 is 1.19 bits per heavy atom. The Labute approximate surface area is 128 Å². The van der Waals surface area contributed by atoms with E-state index in [0.29, 0.717) is 11.8 Å². The van der Waals surface area contributed by atoms with Crippen molar-refractivity contribution in [1.29, 1.82) is 0 Å². The maximum atomic E-state index is 9.32. The summed E-state index contributed by atoms with van der Waals surface area (Å²) in [5.74, 6) is 1.20. The fraction of sp³-hybridized carbons (Fsp3) is 0.667. The fourth-order valence-electron chi connectivity index (χ4n) is 4.12. The molecule has 2 N–H and O–H groups in total. The molecular weight excluding hydrogens is 260 g/mol. The number of nitrogens with zero attached hydrogens (tertiary/aromatic N) is 1. The van der Waals surface area contributed by atoms with Gasteiger partial charge in [0.2, 0.25) is 0 Å². The molecule has 3 rings (SSSR count). The predicted octanol–water partition coefficient (Wildman–Crippen LogP) is 2.79. The lowest BCUT2D eigenvalue weighted by Crippen LogP contribution is -2.43. The standard InChI is InChI=1S/C18H28N2O/c1-13(9-14-3-7-18(21)8-4-14)19-12-15-10-16-5-6-17(11-15)20(16)2/h3-4,7-8,13,15-17,19,21H,5-6,9-12H2,1-2H3. The smallest absolute Gasteiger partial charge is 0.115 e. The van der Waals surface area contributed by atoms with Gasteiger partial charge in [-0.1, -0.05) is 12.1 Å². The second-order valence-corrected chi connectivity index (χ2v) is 7.07. The van der Waals surface area contributed by atoms with E-state index in [4.69, 9.17) is 0 Å². The highest BCUT2D eigenvalue weighted by Crippen LogP contribution is 2.37. The zero-order chi connectivity index (χ0) is 14.8. The Bertz CT molecular complexity index is 445. The quantitative estimate of drug-likeness (QED) is 0.874. The van der Waals surface area contributed by atoms with Crippen molar-refractivity contribution < 1.29 is 5.11 Å². The summed E-state index contributed by atoms with van der Waals surface area (Å²) < 4.78 is 0. The van der Waals surface area contributed by atoms with E-state index < -0.39 is 0 Å². The Morgan fingerprint density at radius 3 is 2.43 bits per heavy atom. The molecule has 1 aromatic rings. The number of nitrogens with one attached hydrogen (secondary N) is 1. The van der Waals surface area contributed by atoms with Gasteiger partial charge in [0.1, 0.15) is 5.75 Å². The molecule has 0 aliphatic carbocycles. The van der Waals surface area contributed by atoms with Crippen LogP contribution >= 0.6 is 0 Å². The van der Waals surface area contributed by atoms with Gasteiger partial charge in [0.15, 0.2) is 0 Å². The molecule has 2 aliphatic heterocycles. The number of hydrogen-bond donors (Lipinski definition) is 2. The molecule has 0 amide bonds. The molecule has 1 aromatic carbocycles. The monoisotopic (exact) mass is 288 g/mol. The average molecular weight is 288 g/mol. The Kier molecular flexibility index (Phi) is 4.51. The lowest BCUT2D eigenvalue weighted by atomic mass is 9.91. The van der Waals surface area contributed by atoms with Crippen LogP contribution < -0.4 is 5.32 Å². The molecule has 2 fully saturated rings. The molecule has 0 saturated carbocycles. The van der Waals surface area contributed by atoms with Crippen LogP contribution in [0.1, 0.15) is 38.2 Å². The third-order valence-corrected chi connectivity index (χ3v) is 5.43. The summed E-state index contributed by atoms with van der Waals surface area (Å²) in [6.45, 7) is 3.41. The molecule has 3 unspecified atom stereocenters. The lowest BCUT2D eigenvalue weighted by Gasteiger charge is -2.36. The Balaban J connectivity index is 1.44. The molecule has 2 bridgehead atoms. The first-order valence-corrected chi connectivity index (χ1v) is 8.35. The lowest BCUT2D eigenvalue weighted by molar-refractivity contribution is 0.131. The van der Waals surface area contributed by atoms with Gasteiger partial charge in [-0.15, -0.1) is 0 Å². The minimum Gasteiger partial charge on any atom is -0.508 e. The van der Waals surface area contributed by atoms with E-state index in [1.807, 2.05) is 12.1 Å². The predicted molar refractivity (Wildman–Crippen MR) is 86.6 cm³/mol. The molecule has 2 saturated heterocycles. The summed E-state index contributed by atoms with van der Waals surface area (Å²) in [6.07, 6.45) is 6.57. The van der Waals surface area contributed by atoms with Gasteiger partial charge in [-0.05, 0) is 76.2 Å². The maximum absolute atomic E-state index is 9.32. The second kappa shape index (κ2) is 6.37. The first kappa shape index (κ1) is 14.9. The molecule has 2 heterocycles. The summed E-state index contributed by atoms with van der Waals surface area (Å²) in [7, 11) is 2.30. The van der Waals surface area contributed by atoms with E-state index in [1.165, 1.54) is 31.2 Å². The SMILES string of the molecule is CC(Cc1ccc(O)cc1)NCC1CC2CCC(C1)N2C. The van der Waals surface area contributed by atoms with E-state index in [1.54, 1.807) is 12.1 Å². The van der Waals surface area contributed by atoms with Crippen LogP contribution in [0.25, 0.3) is 0 Å². The molecule has 3 atom stereocenters. The Hall–Kier alpha value is -1.06. The van der Waals surface area contributed by atoms with Crippen LogP contribution in [0, 0.1) is 5.92 Å². The first-order chi connectivity index (χ1) is 10.1. The minimum atomic E-state index is 0.348. The molecular formula is C18H28N2O. The first-order valence-electron chi connectivity index (χ1n) is 8.35. The van der Waals surface area contributed by atoms with Crippen molar-refractivity contribution in [3.63, 3.8) is 0 Å². The topological polar surface area (TPSA) is 35.5 Å². The fourth-order valence-corrected chi connectivity index (χ4v) is 4.12. The van der Waals surface area contributed by atoms with Crippen molar-refractivity contribution in [3.05, 3.63) is 29.8 Å². The van der Waals surface area contributed by atoms with E-state index in [9.17, 15) is 5.11 Å². The molecule has 0 spiro atoms. The van der Waals surface area contributed by atoms with Crippen LogP contribution in [0.4, 0.5) is 0 Å². The number of phenols is 1. The van der Waals surface area contributed by atoms with Gasteiger partial charge in [-0.25, -0.2) is 0 Å². The normalized spacial score (nSPS) is 30.5. The van der Waals surface area contributed by atoms with Gasteiger partial charge in [0, 0.05) is 18.1 Å². The molecule has 116 valence electrons. The average Bonchev–Trinajstić information content (AvgIpc) is 2.70. The third kappa shape index (κ3) is 3.58. The van der Waals surface area contributed by atoms with Crippen molar-refractivity contribution >= 4 is 0 Å². The Morgan fingerprint density at radius 2 is 1.81 bits per heavy atom. The number of fused-ring (bicyclic) bond motifs is 2. The van der Waals surface area contributed by atoms with E-state index in [2.05, 4.69) is 24.2 Å². The van der Waals surface area contributed by atoms with Gasteiger partial charge in [0.25, 0.3) is 0 Å². The number of benzene rings is 1. The maximum Gasteiger partial charge on any atom is 0.115 e. The number of aromatic hydroxyl groups is 1. The van der Waals surface area contributed by atoms with Crippen molar-refractivity contribution in [3.8, 4) is 5.75 Å². The molecule has 21 heavy (non-hydrogen) atoms. The summed E-state index contributed by atoms with van der Waals surface area (Å²) in [4.78, 5) is 2.61. The van der Waals surface area contributed by atoms with Crippen molar-refractivity contribution in [2.75, 3.05) is 13.6 Å². The number of rotatable bonds is 5. The van der Waals surface area contributed by atoms with Crippen LogP contribution in [0.3, 0.4) is 0 Å². The van der Waals surface area contributed by atoms with Crippen LogP contribution in [-0.2, 0) is 6.42 Å². The minimum absolute atomic E-state index is 0.348. The zero-order valence-electron chi connectivity index (χ0n) is 13.3. The molecule has 3 nitrogen and oxygen atoms in total. The number of phenolic OH excluding ortho intramolecular Hbond substituents is 1.